The average Bonchev–Trinajstić information content (AvgIpc) is 2.92. The lowest BCUT2D eigenvalue weighted by molar-refractivity contribution is -0.143. The summed E-state index contributed by atoms with van der Waals surface area (Å²) in [5.41, 5.74) is 1.84. The molecule has 0 spiro atoms. The number of benzene rings is 2. The number of nitrogens with zero attached hydrogens (tertiary/aromatic N) is 3. The second-order valence-electron chi connectivity index (χ2n) is 9.92. The molecule has 1 aliphatic heterocycles. The number of hydrogen-bond donors (Lipinski definition) is 2. The van der Waals surface area contributed by atoms with Crippen LogP contribution in [0.5, 0.6) is 0 Å². The van der Waals surface area contributed by atoms with E-state index in [0.29, 0.717) is 43.7 Å². The van der Waals surface area contributed by atoms with E-state index in [1.807, 2.05) is 48.2 Å². The standard InChI is InChI=1S/C30H39N5O3/c1-3-4-5-6-10-16-28(36)35-18-17-34(22-23(35)2)29(37)27(20-24-12-8-7-9-13-24)33-30(38)32-26-15-11-14-25(19-26)21-31/h7-9,11-15,19,23,27H,3-6,10,16-18,20,22H2,1-2H3,(H2,32,33,38). The molecule has 1 aliphatic rings. The van der Waals surface area contributed by atoms with Gasteiger partial charge in [-0.3, -0.25) is 9.59 Å². The lowest BCUT2D eigenvalue weighted by Crippen LogP contribution is -2.59. The van der Waals surface area contributed by atoms with E-state index < -0.39 is 12.1 Å². The van der Waals surface area contributed by atoms with E-state index in [1.54, 1.807) is 29.2 Å². The Balaban J connectivity index is 1.62. The highest BCUT2D eigenvalue weighted by molar-refractivity contribution is 5.94. The van der Waals surface area contributed by atoms with Gasteiger partial charge < -0.3 is 20.4 Å². The van der Waals surface area contributed by atoms with Crippen LogP contribution in [0.4, 0.5) is 10.5 Å². The van der Waals surface area contributed by atoms with E-state index in [4.69, 9.17) is 5.26 Å². The third kappa shape index (κ3) is 8.62. The summed E-state index contributed by atoms with van der Waals surface area (Å²) in [4.78, 5) is 42.9. The molecule has 2 aromatic rings. The Morgan fingerprint density at radius 1 is 1.03 bits per heavy atom. The Morgan fingerprint density at radius 2 is 1.79 bits per heavy atom. The van der Waals surface area contributed by atoms with Crippen molar-refractivity contribution in [1.29, 1.82) is 5.26 Å². The number of urea groups is 1. The van der Waals surface area contributed by atoms with Crippen LogP contribution >= 0.6 is 0 Å². The second-order valence-corrected chi connectivity index (χ2v) is 9.92. The number of anilines is 1. The van der Waals surface area contributed by atoms with Gasteiger partial charge in [0.05, 0.1) is 11.6 Å². The van der Waals surface area contributed by atoms with Crippen LogP contribution in [0.15, 0.2) is 54.6 Å². The molecule has 2 aromatic carbocycles. The Morgan fingerprint density at radius 3 is 2.50 bits per heavy atom. The summed E-state index contributed by atoms with van der Waals surface area (Å²) in [6.07, 6.45) is 6.41. The molecule has 202 valence electrons. The van der Waals surface area contributed by atoms with E-state index in [1.165, 1.54) is 12.8 Å². The van der Waals surface area contributed by atoms with Gasteiger partial charge in [0.2, 0.25) is 11.8 Å². The fourth-order valence-corrected chi connectivity index (χ4v) is 4.81. The zero-order valence-corrected chi connectivity index (χ0v) is 22.5. The van der Waals surface area contributed by atoms with Gasteiger partial charge in [-0.2, -0.15) is 5.26 Å². The summed E-state index contributed by atoms with van der Waals surface area (Å²) >= 11 is 0. The Bertz CT molecular complexity index is 1110. The number of nitriles is 1. The van der Waals surface area contributed by atoms with Crippen molar-refractivity contribution in [3.05, 3.63) is 65.7 Å². The molecule has 0 aliphatic carbocycles. The van der Waals surface area contributed by atoms with Crippen LogP contribution in [-0.4, -0.2) is 59.4 Å². The number of amides is 4. The van der Waals surface area contributed by atoms with Gasteiger partial charge in [0.1, 0.15) is 6.04 Å². The largest absolute Gasteiger partial charge is 0.337 e. The third-order valence-corrected chi connectivity index (χ3v) is 6.89. The second kappa shape index (κ2) is 14.8. The van der Waals surface area contributed by atoms with Crippen LogP contribution in [0.1, 0.15) is 63.5 Å². The maximum absolute atomic E-state index is 13.6. The van der Waals surface area contributed by atoms with Crippen LogP contribution < -0.4 is 10.6 Å². The minimum Gasteiger partial charge on any atom is -0.337 e. The molecule has 38 heavy (non-hydrogen) atoms. The molecule has 0 saturated carbocycles. The monoisotopic (exact) mass is 517 g/mol. The van der Waals surface area contributed by atoms with Crippen molar-refractivity contribution in [2.24, 2.45) is 0 Å². The van der Waals surface area contributed by atoms with Gasteiger partial charge in [-0.15, -0.1) is 0 Å². The molecule has 2 N–H and O–H groups in total. The minimum absolute atomic E-state index is 0.0873. The van der Waals surface area contributed by atoms with Crippen molar-refractivity contribution in [3.63, 3.8) is 0 Å². The molecule has 0 aromatic heterocycles. The number of piperazine rings is 1. The summed E-state index contributed by atoms with van der Waals surface area (Å²) in [5, 5.41) is 14.7. The SMILES string of the molecule is CCCCCCCC(=O)N1CCN(C(=O)C(Cc2ccccc2)NC(=O)Nc2cccc(C#N)c2)CC1C. The van der Waals surface area contributed by atoms with Crippen LogP contribution in [0.25, 0.3) is 0 Å². The van der Waals surface area contributed by atoms with Gasteiger partial charge in [0, 0.05) is 44.2 Å². The fourth-order valence-electron chi connectivity index (χ4n) is 4.81. The minimum atomic E-state index is -0.774. The highest BCUT2D eigenvalue weighted by Gasteiger charge is 2.33. The van der Waals surface area contributed by atoms with Crippen LogP contribution in [-0.2, 0) is 16.0 Å². The van der Waals surface area contributed by atoms with Crippen molar-refractivity contribution in [3.8, 4) is 6.07 Å². The Kier molecular flexibility index (Phi) is 11.2. The molecule has 8 heteroatoms. The Labute approximate surface area is 226 Å². The zero-order chi connectivity index (χ0) is 27.3. The van der Waals surface area contributed by atoms with Gasteiger partial charge in [-0.1, -0.05) is 69.0 Å². The van der Waals surface area contributed by atoms with Crippen molar-refractivity contribution < 1.29 is 14.4 Å². The van der Waals surface area contributed by atoms with Crippen molar-refractivity contribution in [2.45, 2.75) is 70.9 Å². The third-order valence-electron chi connectivity index (χ3n) is 6.89. The number of unbranched alkanes of at least 4 members (excludes halogenated alkanes) is 4. The summed E-state index contributed by atoms with van der Waals surface area (Å²) in [7, 11) is 0. The van der Waals surface area contributed by atoms with Gasteiger partial charge in [-0.05, 0) is 37.1 Å². The normalized spacial score (nSPS) is 15.9. The quantitative estimate of drug-likeness (QED) is 0.421. The molecule has 4 amide bonds. The van der Waals surface area contributed by atoms with Crippen LogP contribution in [0.3, 0.4) is 0 Å². The molecule has 3 rings (SSSR count). The summed E-state index contributed by atoms with van der Waals surface area (Å²) in [6, 6.07) is 16.9. The lowest BCUT2D eigenvalue weighted by atomic mass is 10.0. The smallest absolute Gasteiger partial charge is 0.319 e. The molecular formula is C30H39N5O3. The first-order valence-corrected chi connectivity index (χ1v) is 13.6. The summed E-state index contributed by atoms with van der Waals surface area (Å²) < 4.78 is 0. The average molecular weight is 518 g/mol. The summed E-state index contributed by atoms with van der Waals surface area (Å²) in [5.74, 6) is -0.0210. The lowest BCUT2D eigenvalue weighted by Gasteiger charge is -2.41. The summed E-state index contributed by atoms with van der Waals surface area (Å²) in [6.45, 7) is 5.51. The Hall–Kier alpha value is -3.86. The molecular weight excluding hydrogens is 478 g/mol. The van der Waals surface area contributed by atoms with E-state index in [9.17, 15) is 14.4 Å². The number of nitrogens with one attached hydrogen (secondary N) is 2. The molecule has 0 bridgehead atoms. The predicted octanol–water partition coefficient (Wildman–Crippen LogP) is 4.71. The number of rotatable bonds is 11. The first-order chi connectivity index (χ1) is 18.4. The van der Waals surface area contributed by atoms with Crippen molar-refractivity contribution in [1.82, 2.24) is 15.1 Å². The van der Waals surface area contributed by atoms with Crippen LogP contribution in [0, 0.1) is 11.3 Å². The molecule has 2 unspecified atom stereocenters. The van der Waals surface area contributed by atoms with Gasteiger partial charge in [0.15, 0.2) is 0 Å². The van der Waals surface area contributed by atoms with E-state index in [2.05, 4.69) is 17.6 Å². The predicted molar refractivity (Wildman–Crippen MR) is 148 cm³/mol. The molecule has 0 radical (unpaired) electrons. The van der Waals surface area contributed by atoms with Gasteiger partial charge in [-0.25, -0.2) is 4.79 Å². The number of hydrogen-bond acceptors (Lipinski definition) is 4. The molecule has 1 heterocycles. The van der Waals surface area contributed by atoms with E-state index >= 15 is 0 Å². The number of carbonyl (C=O) groups excluding carboxylic acids is 3. The maximum Gasteiger partial charge on any atom is 0.319 e. The first-order valence-electron chi connectivity index (χ1n) is 13.6. The van der Waals surface area contributed by atoms with Crippen molar-refractivity contribution >= 4 is 23.5 Å². The highest BCUT2D eigenvalue weighted by Crippen LogP contribution is 2.16. The molecule has 1 saturated heterocycles. The van der Waals surface area contributed by atoms with Crippen molar-refractivity contribution in [2.75, 3.05) is 25.0 Å². The number of carbonyl (C=O) groups is 3. The highest BCUT2D eigenvalue weighted by atomic mass is 16.2. The first kappa shape index (κ1) is 28.7. The van der Waals surface area contributed by atoms with E-state index in [0.717, 1.165) is 24.8 Å². The molecule has 2 atom stereocenters. The van der Waals surface area contributed by atoms with E-state index in [-0.39, 0.29) is 17.9 Å². The topological polar surface area (TPSA) is 106 Å². The zero-order valence-electron chi connectivity index (χ0n) is 22.5. The maximum atomic E-state index is 13.6. The van der Waals surface area contributed by atoms with Crippen LogP contribution in [0.2, 0.25) is 0 Å². The fraction of sp³-hybridized carbons (Fsp3) is 0.467. The molecule has 8 nitrogen and oxygen atoms in total. The van der Waals surface area contributed by atoms with Gasteiger partial charge >= 0.3 is 6.03 Å². The van der Waals surface area contributed by atoms with Gasteiger partial charge in [0.25, 0.3) is 0 Å². The molecule has 1 fully saturated rings.